The molecule has 0 bridgehead atoms. The number of aromatic nitrogens is 3. The first-order chi connectivity index (χ1) is 10.7. The fourth-order valence-electron chi connectivity index (χ4n) is 2.90. The maximum atomic E-state index is 12.4. The van der Waals surface area contributed by atoms with Crippen LogP contribution in [0.2, 0.25) is 0 Å². The first-order valence-corrected chi connectivity index (χ1v) is 7.69. The quantitative estimate of drug-likeness (QED) is 0.855. The van der Waals surface area contributed by atoms with Crippen LogP contribution in [0, 0.1) is 12.8 Å². The number of carbonyl (C=O) groups excluding carboxylic acids is 1. The Morgan fingerprint density at radius 3 is 2.61 bits per heavy atom. The molecule has 23 heavy (non-hydrogen) atoms. The summed E-state index contributed by atoms with van der Waals surface area (Å²) in [6.07, 6.45) is -2.75. The second-order valence-electron chi connectivity index (χ2n) is 6.10. The van der Waals surface area contributed by atoms with Crippen molar-refractivity contribution in [1.82, 2.24) is 25.4 Å². The molecule has 9 heteroatoms. The van der Waals surface area contributed by atoms with Gasteiger partial charge in [0.15, 0.2) is 5.82 Å². The SMILES string of the molecule is Cc1nc(CC(=O)NC(C)C2CCN(CC(F)(F)F)CC2)n[nH]1. The van der Waals surface area contributed by atoms with Gasteiger partial charge in [-0.3, -0.25) is 14.8 Å². The predicted octanol–water partition coefficient (Wildman–Crippen LogP) is 1.43. The van der Waals surface area contributed by atoms with Crippen molar-refractivity contribution in [3.63, 3.8) is 0 Å². The standard InChI is InChI=1S/C14H22F3N5O/c1-9(18-13(23)7-12-19-10(2)20-21-12)11-3-5-22(6-4-11)8-14(15,16)17/h9,11H,3-8H2,1-2H3,(H,18,23)(H,19,20,21). The van der Waals surface area contributed by atoms with Gasteiger partial charge >= 0.3 is 6.18 Å². The molecule has 1 aliphatic heterocycles. The maximum absolute atomic E-state index is 12.4. The number of hydrogen-bond donors (Lipinski definition) is 2. The van der Waals surface area contributed by atoms with Gasteiger partial charge in [0.25, 0.3) is 0 Å². The van der Waals surface area contributed by atoms with Crippen molar-refractivity contribution >= 4 is 5.91 Å². The Labute approximate surface area is 132 Å². The number of carbonyl (C=O) groups is 1. The average molecular weight is 333 g/mol. The van der Waals surface area contributed by atoms with E-state index in [1.807, 2.05) is 6.92 Å². The zero-order valence-corrected chi connectivity index (χ0v) is 13.3. The average Bonchev–Trinajstić information content (AvgIpc) is 2.82. The number of nitrogens with zero attached hydrogens (tertiary/aromatic N) is 3. The number of piperidine rings is 1. The molecule has 1 aromatic rings. The van der Waals surface area contributed by atoms with Crippen LogP contribution < -0.4 is 5.32 Å². The summed E-state index contributed by atoms with van der Waals surface area (Å²) in [4.78, 5) is 17.5. The smallest absolute Gasteiger partial charge is 0.353 e. The van der Waals surface area contributed by atoms with E-state index < -0.39 is 12.7 Å². The summed E-state index contributed by atoms with van der Waals surface area (Å²) in [5, 5.41) is 9.48. The molecule has 1 fully saturated rings. The van der Waals surface area contributed by atoms with Gasteiger partial charge in [0.2, 0.25) is 5.91 Å². The number of halogens is 3. The minimum absolute atomic E-state index is 0.0735. The van der Waals surface area contributed by atoms with Gasteiger partial charge in [0.05, 0.1) is 13.0 Å². The van der Waals surface area contributed by atoms with Gasteiger partial charge < -0.3 is 5.32 Å². The lowest BCUT2D eigenvalue weighted by atomic mass is 9.90. The summed E-state index contributed by atoms with van der Waals surface area (Å²) >= 11 is 0. The van der Waals surface area contributed by atoms with Gasteiger partial charge in [0, 0.05) is 6.04 Å². The highest BCUT2D eigenvalue weighted by Crippen LogP contribution is 2.24. The Bertz CT molecular complexity index is 523. The molecule has 6 nitrogen and oxygen atoms in total. The third-order valence-corrected chi connectivity index (χ3v) is 4.09. The fraction of sp³-hybridized carbons (Fsp3) is 0.786. The van der Waals surface area contributed by atoms with E-state index in [4.69, 9.17) is 0 Å². The third kappa shape index (κ3) is 5.81. The van der Waals surface area contributed by atoms with Crippen LogP contribution in [0.3, 0.4) is 0 Å². The number of H-pyrrole nitrogens is 1. The molecule has 1 amide bonds. The highest BCUT2D eigenvalue weighted by molar-refractivity contribution is 5.78. The Morgan fingerprint density at radius 1 is 1.43 bits per heavy atom. The molecule has 0 radical (unpaired) electrons. The molecule has 1 aromatic heterocycles. The number of rotatable bonds is 5. The molecule has 0 aliphatic carbocycles. The molecular weight excluding hydrogens is 311 g/mol. The molecule has 130 valence electrons. The zero-order chi connectivity index (χ0) is 17.0. The largest absolute Gasteiger partial charge is 0.401 e. The number of aryl methyl sites for hydroxylation is 1. The van der Waals surface area contributed by atoms with Crippen molar-refractivity contribution < 1.29 is 18.0 Å². The second-order valence-corrected chi connectivity index (χ2v) is 6.10. The van der Waals surface area contributed by atoms with Gasteiger partial charge in [-0.1, -0.05) is 0 Å². The van der Waals surface area contributed by atoms with E-state index in [-0.39, 0.29) is 24.3 Å². The molecule has 2 rings (SSSR count). The molecule has 2 heterocycles. The fourth-order valence-corrected chi connectivity index (χ4v) is 2.90. The summed E-state index contributed by atoms with van der Waals surface area (Å²) in [5.74, 6) is 1.11. The number of aromatic amines is 1. The van der Waals surface area contributed by atoms with Gasteiger partial charge in [0.1, 0.15) is 5.82 Å². The predicted molar refractivity (Wildman–Crippen MR) is 77.6 cm³/mol. The van der Waals surface area contributed by atoms with E-state index in [9.17, 15) is 18.0 Å². The second kappa shape index (κ2) is 7.29. The van der Waals surface area contributed by atoms with Crippen molar-refractivity contribution in [2.24, 2.45) is 5.92 Å². The lowest BCUT2D eigenvalue weighted by Crippen LogP contribution is -2.46. The lowest BCUT2D eigenvalue weighted by molar-refractivity contribution is -0.148. The first kappa shape index (κ1) is 17.7. The summed E-state index contributed by atoms with van der Waals surface area (Å²) in [5.41, 5.74) is 0. The Morgan fingerprint density at radius 2 is 2.09 bits per heavy atom. The first-order valence-electron chi connectivity index (χ1n) is 7.69. The zero-order valence-electron chi connectivity index (χ0n) is 13.3. The molecule has 0 spiro atoms. The van der Waals surface area contributed by atoms with Crippen molar-refractivity contribution in [2.75, 3.05) is 19.6 Å². The van der Waals surface area contributed by atoms with Crippen LogP contribution >= 0.6 is 0 Å². The highest BCUT2D eigenvalue weighted by Gasteiger charge is 2.33. The number of alkyl halides is 3. The van der Waals surface area contributed by atoms with Crippen LogP contribution in [0.25, 0.3) is 0 Å². The van der Waals surface area contributed by atoms with Gasteiger partial charge in [-0.05, 0) is 45.7 Å². The highest BCUT2D eigenvalue weighted by atomic mass is 19.4. The molecule has 0 saturated carbocycles. The van der Waals surface area contributed by atoms with E-state index >= 15 is 0 Å². The molecule has 0 aromatic carbocycles. The Kier molecular flexibility index (Phi) is 5.61. The van der Waals surface area contributed by atoms with Crippen molar-refractivity contribution in [3.05, 3.63) is 11.6 Å². The van der Waals surface area contributed by atoms with Crippen LogP contribution in [-0.4, -0.2) is 57.8 Å². The molecule has 1 saturated heterocycles. The van der Waals surface area contributed by atoms with Crippen LogP contribution in [0.15, 0.2) is 0 Å². The lowest BCUT2D eigenvalue weighted by Gasteiger charge is -2.35. The molecule has 1 atom stereocenters. The summed E-state index contributed by atoms with van der Waals surface area (Å²) in [6.45, 7) is 3.61. The van der Waals surface area contributed by atoms with E-state index in [1.54, 1.807) is 6.92 Å². The Hall–Kier alpha value is -1.64. The normalized spacial score (nSPS) is 18.8. The van der Waals surface area contributed by atoms with E-state index in [0.29, 0.717) is 37.6 Å². The molecule has 2 N–H and O–H groups in total. The van der Waals surface area contributed by atoms with Gasteiger partial charge in [-0.2, -0.15) is 18.3 Å². The Balaban J connectivity index is 1.74. The van der Waals surface area contributed by atoms with E-state index in [1.165, 1.54) is 4.90 Å². The maximum Gasteiger partial charge on any atom is 0.401 e. The van der Waals surface area contributed by atoms with E-state index in [0.717, 1.165) is 0 Å². The van der Waals surface area contributed by atoms with Crippen LogP contribution in [-0.2, 0) is 11.2 Å². The van der Waals surface area contributed by atoms with Crippen LogP contribution in [0.5, 0.6) is 0 Å². The number of amides is 1. The van der Waals surface area contributed by atoms with Crippen LogP contribution in [0.1, 0.15) is 31.4 Å². The monoisotopic (exact) mass is 333 g/mol. The van der Waals surface area contributed by atoms with Crippen molar-refractivity contribution in [3.8, 4) is 0 Å². The molecular formula is C14H22F3N5O. The topological polar surface area (TPSA) is 73.9 Å². The summed E-state index contributed by atoms with van der Waals surface area (Å²) in [6, 6.07) is -0.0735. The van der Waals surface area contributed by atoms with E-state index in [2.05, 4.69) is 20.5 Å². The van der Waals surface area contributed by atoms with Crippen LogP contribution in [0.4, 0.5) is 13.2 Å². The molecule has 1 unspecified atom stereocenters. The van der Waals surface area contributed by atoms with Crippen molar-refractivity contribution in [2.45, 2.75) is 45.3 Å². The minimum Gasteiger partial charge on any atom is -0.353 e. The van der Waals surface area contributed by atoms with Crippen molar-refractivity contribution in [1.29, 1.82) is 0 Å². The summed E-state index contributed by atoms with van der Waals surface area (Å²) < 4.78 is 37.1. The third-order valence-electron chi connectivity index (χ3n) is 4.09. The molecule has 1 aliphatic rings. The number of hydrogen-bond acceptors (Lipinski definition) is 4. The number of likely N-dealkylation sites (tertiary alicyclic amines) is 1. The number of nitrogens with one attached hydrogen (secondary N) is 2. The van der Waals surface area contributed by atoms with Gasteiger partial charge in [-0.25, -0.2) is 4.98 Å². The minimum atomic E-state index is -4.15. The summed E-state index contributed by atoms with van der Waals surface area (Å²) in [7, 11) is 0. The van der Waals surface area contributed by atoms with Gasteiger partial charge in [-0.15, -0.1) is 0 Å².